The summed E-state index contributed by atoms with van der Waals surface area (Å²) in [4.78, 5) is 0. The fourth-order valence-electron chi connectivity index (χ4n) is 8.14. The summed E-state index contributed by atoms with van der Waals surface area (Å²) in [6.07, 6.45) is 17.2. The second-order valence-corrected chi connectivity index (χ2v) is 15.9. The van der Waals surface area contributed by atoms with Gasteiger partial charge in [0.15, 0.2) is 0 Å². The lowest BCUT2D eigenvalue weighted by atomic mass is 9.81. The van der Waals surface area contributed by atoms with E-state index in [0.29, 0.717) is 0 Å². The van der Waals surface area contributed by atoms with Crippen molar-refractivity contribution in [2.24, 2.45) is 0 Å². The number of allylic oxidation sites excluding steroid dienone is 5. The van der Waals surface area contributed by atoms with E-state index in [1.54, 1.807) is 0 Å². The van der Waals surface area contributed by atoms with Gasteiger partial charge in [-0.15, -0.1) is 18.3 Å². The lowest BCUT2D eigenvalue weighted by Crippen LogP contribution is -2.27. The van der Waals surface area contributed by atoms with Crippen molar-refractivity contribution >= 4 is 61.8 Å². The van der Waals surface area contributed by atoms with Crippen molar-refractivity contribution in [3.63, 3.8) is 0 Å². The van der Waals surface area contributed by atoms with Gasteiger partial charge in [0, 0.05) is 9.49 Å². The van der Waals surface area contributed by atoms with Gasteiger partial charge in [-0.05, 0) is 128 Å². The maximum absolute atomic E-state index is 4.28. The molecule has 1 unspecified atom stereocenters. The molecule has 1 heteroatoms. The zero-order chi connectivity index (χ0) is 38.9. The van der Waals surface area contributed by atoms with Crippen LogP contribution in [0.2, 0.25) is 0 Å². The van der Waals surface area contributed by atoms with Crippen molar-refractivity contribution in [2.45, 2.75) is 83.6 Å². The molecule has 0 saturated heterocycles. The Morgan fingerprint density at radius 3 is 1.83 bits per heavy atom. The summed E-state index contributed by atoms with van der Waals surface area (Å²) in [5, 5.41) is 7.53. The Morgan fingerprint density at radius 1 is 0.630 bits per heavy atom. The standard InChI is InChI=1S/C49H46S.2C2H6/c1-7-31-49(10-4,50-48(5,6)36-23-15-12-16-24-36)37-29-30-43-45(33-37)46(35-21-13-11-14-22-35)41-27-19-20-28-42(41)47(43)44-32-34(8-2)38(9-3)39-25-17-18-26-40(39)44;2*1-2/h7-9,12-13,15-30,32-33H,1-3,10-11,14,31H2,4-6H3;2*1-2H3. The SMILES string of the molecule is C=CCC(CC)(SC(C)(C)c1ccccc1)c1ccc2c(-c3cc(C=C)c(C=C)c4ccccc34)c3ccccc3c(C3=CCCC=C3)c2c1.CC.CC. The first kappa shape index (κ1) is 40.3. The van der Waals surface area contributed by atoms with Crippen LogP contribution in [-0.4, -0.2) is 0 Å². The summed E-state index contributed by atoms with van der Waals surface area (Å²) in [6.45, 7) is 27.8. The van der Waals surface area contributed by atoms with Gasteiger partial charge >= 0.3 is 0 Å². The molecule has 6 aromatic rings. The van der Waals surface area contributed by atoms with Crippen molar-refractivity contribution in [1.29, 1.82) is 0 Å². The van der Waals surface area contributed by atoms with E-state index in [1.165, 1.54) is 65.7 Å². The fourth-order valence-corrected chi connectivity index (χ4v) is 9.96. The minimum Gasteiger partial charge on any atom is -0.139 e. The first-order valence-electron chi connectivity index (χ1n) is 19.9. The zero-order valence-corrected chi connectivity index (χ0v) is 34.5. The molecule has 7 rings (SSSR count). The first-order chi connectivity index (χ1) is 26.4. The van der Waals surface area contributed by atoms with Crippen molar-refractivity contribution in [3.8, 4) is 11.1 Å². The van der Waals surface area contributed by atoms with Gasteiger partial charge in [-0.3, -0.25) is 0 Å². The summed E-state index contributed by atoms with van der Waals surface area (Å²) in [5.41, 5.74) is 10.0. The molecule has 54 heavy (non-hydrogen) atoms. The van der Waals surface area contributed by atoms with Crippen LogP contribution >= 0.6 is 11.8 Å². The topological polar surface area (TPSA) is 0 Å². The van der Waals surface area contributed by atoms with Crippen LogP contribution in [0, 0.1) is 0 Å². The molecule has 1 atom stereocenters. The van der Waals surface area contributed by atoms with Gasteiger partial charge in [0.2, 0.25) is 0 Å². The molecular weight excluding hydrogens is 669 g/mol. The molecule has 0 amide bonds. The highest BCUT2D eigenvalue weighted by molar-refractivity contribution is 8.01. The molecule has 0 N–H and O–H groups in total. The largest absolute Gasteiger partial charge is 0.139 e. The summed E-state index contributed by atoms with van der Waals surface area (Å²) in [6, 6.07) is 38.4. The second-order valence-electron chi connectivity index (χ2n) is 13.9. The molecule has 0 aliphatic heterocycles. The Morgan fingerprint density at radius 2 is 1.24 bits per heavy atom. The maximum atomic E-state index is 4.28. The van der Waals surface area contributed by atoms with E-state index in [0.717, 1.165) is 36.8 Å². The van der Waals surface area contributed by atoms with Crippen LogP contribution in [0.1, 0.15) is 102 Å². The molecule has 0 nitrogen and oxygen atoms in total. The zero-order valence-electron chi connectivity index (χ0n) is 33.6. The van der Waals surface area contributed by atoms with Crippen LogP contribution in [0.3, 0.4) is 0 Å². The third-order valence-corrected chi connectivity index (χ3v) is 12.4. The van der Waals surface area contributed by atoms with Crippen molar-refractivity contribution in [1.82, 2.24) is 0 Å². The van der Waals surface area contributed by atoms with Crippen LogP contribution in [0.25, 0.3) is 61.2 Å². The van der Waals surface area contributed by atoms with E-state index in [2.05, 4.69) is 180 Å². The van der Waals surface area contributed by atoms with Crippen LogP contribution in [0.5, 0.6) is 0 Å². The Labute approximate surface area is 330 Å². The second kappa shape index (κ2) is 18.0. The Kier molecular flexibility index (Phi) is 13.4. The highest BCUT2D eigenvalue weighted by Gasteiger charge is 2.38. The number of benzene rings is 6. The molecule has 0 heterocycles. The quantitative estimate of drug-likeness (QED) is 0.0946. The van der Waals surface area contributed by atoms with E-state index in [1.807, 2.05) is 39.8 Å². The Hall–Kier alpha value is -4.85. The summed E-state index contributed by atoms with van der Waals surface area (Å²) in [5.74, 6) is 0. The van der Waals surface area contributed by atoms with E-state index < -0.39 is 0 Å². The first-order valence-corrected chi connectivity index (χ1v) is 20.7. The van der Waals surface area contributed by atoms with Crippen molar-refractivity contribution < 1.29 is 0 Å². The molecule has 0 bridgehead atoms. The van der Waals surface area contributed by atoms with E-state index in [4.69, 9.17) is 0 Å². The highest BCUT2D eigenvalue weighted by atomic mass is 32.2. The van der Waals surface area contributed by atoms with Gasteiger partial charge in [0.05, 0.1) is 0 Å². The molecule has 276 valence electrons. The average molecular weight is 727 g/mol. The summed E-state index contributed by atoms with van der Waals surface area (Å²) >= 11 is 2.07. The maximum Gasteiger partial charge on any atom is 0.0448 e. The summed E-state index contributed by atoms with van der Waals surface area (Å²) < 4.78 is -0.266. The Bertz CT molecular complexity index is 2330. The molecule has 0 aromatic heterocycles. The number of hydrogen-bond acceptors (Lipinski definition) is 1. The number of fused-ring (bicyclic) bond motifs is 3. The predicted octanol–water partition coefficient (Wildman–Crippen LogP) is 16.7. The molecule has 0 spiro atoms. The normalized spacial score (nSPS) is 13.6. The van der Waals surface area contributed by atoms with Gasteiger partial charge in [-0.25, -0.2) is 0 Å². The average Bonchev–Trinajstić information content (AvgIpc) is 3.23. The van der Waals surface area contributed by atoms with Crippen LogP contribution in [0.15, 0.2) is 147 Å². The molecular formula is C53H58S. The van der Waals surface area contributed by atoms with Crippen LogP contribution in [-0.2, 0) is 9.49 Å². The van der Waals surface area contributed by atoms with Gasteiger partial charge in [0.1, 0.15) is 0 Å². The number of rotatable bonds is 11. The third kappa shape index (κ3) is 7.57. The molecule has 0 radical (unpaired) electrons. The van der Waals surface area contributed by atoms with Gasteiger partial charge in [0.25, 0.3) is 0 Å². The lowest BCUT2D eigenvalue weighted by molar-refractivity contribution is 0.593. The van der Waals surface area contributed by atoms with Gasteiger partial charge < -0.3 is 0 Å². The summed E-state index contributed by atoms with van der Waals surface area (Å²) in [7, 11) is 0. The van der Waals surface area contributed by atoms with Gasteiger partial charge in [-0.1, -0.05) is 175 Å². The van der Waals surface area contributed by atoms with Crippen molar-refractivity contribution in [3.05, 3.63) is 175 Å². The van der Waals surface area contributed by atoms with E-state index >= 15 is 0 Å². The van der Waals surface area contributed by atoms with Crippen LogP contribution < -0.4 is 0 Å². The van der Waals surface area contributed by atoms with E-state index in [-0.39, 0.29) is 9.49 Å². The fraction of sp³-hybridized carbons (Fsp3) is 0.245. The molecule has 1 aliphatic rings. The minimum atomic E-state index is -0.163. The van der Waals surface area contributed by atoms with Gasteiger partial charge in [-0.2, -0.15) is 0 Å². The third-order valence-electron chi connectivity index (χ3n) is 10.6. The monoisotopic (exact) mass is 726 g/mol. The predicted molar refractivity (Wildman–Crippen MR) is 247 cm³/mol. The number of hydrogen-bond donors (Lipinski definition) is 0. The highest BCUT2D eigenvalue weighted by Crippen LogP contribution is 2.54. The van der Waals surface area contributed by atoms with E-state index in [9.17, 15) is 0 Å². The lowest BCUT2D eigenvalue weighted by Gasteiger charge is -2.40. The molecule has 1 aliphatic carbocycles. The Balaban J connectivity index is 0.00000136. The smallest absolute Gasteiger partial charge is 0.0448 e. The number of thioether (sulfide) groups is 1. The molecule has 0 fully saturated rings. The van der Waals surface area contributed by atoms with Crippen LogP contribution in [0.4, 0.5) is 0 Å². The molecule has 6 aromatic carbocycles. The minimum absolute atomic E-state index is 0.103. The van der Waals surface area contributed by atoms with Crippen molar-refractivity contribution in [2.75, 3.05) is 0 Å². The molecule has 0 saturated carbocycles.